The van der Waals surface area contributed by atoms with Gasteiger partial charge in [-0.2, -0.15) is 0 Å². The van der Waals surface area contributed by atoms with Gasteiger partial charge in [0.15, 0.2) is 0 Å². The summed E-state index contributed by atoms with van der Waals surface area (Å²) in [6.07, 6.45) is 5.82. The average Bonchev–Trinajstić information content (AvgIpc) is 2.50. The van der Waals surface area contributed by atoms with Gasteiger partial charge in [-0.3, -0.25) is 4.90 Å². The molecule has 0 radical (unpaired) electrons. The van der Waals surface area contributed by atoms with E-state index >= 15 is 0 Å². The molecule has 3 heterocycles. The minimum atomic E-state index is 0.369. The highest BCUT2D eigenvalue weighted by Crippen LogP contribution is 2.34. The molecule has 0 saturated carbocycles. The minimum absolute atomic E-state index is 0.369. The van der Waals surface area contributed by atoms with Gasteiger partial charge in [0.25, 0.3) is 0 Å². The second-order valence-corrected chi connectivity index (χ2v) is 10.0. The zero-order chi connectivity index (χ0) is 17.3. The predicted octanol–water partition coefficient (Wildman–Crippen LogP) is 3.55. The molecule has 0 aromatic rings. The van der Waals surface area contributed by atoms with E-state index < -0.39 is 0 Å². The van der Waals surface area contributed by atoms with Crippen molar-refractivity contribution >= 4 is 0 Å². The highest BCUT2D eigenvalue weighted by molar-refractivity contribution is 4.91. The maximum Gasteiger partial charge on any atom is 0.0125 e. The zero-order valence-electron chi connectivity index (χ0n) is 16.9. The summed E-state index contributed by atoms with van der Waals surface area (Å²) in [5.41, 5.74) is 0.369. The number of nitrogens with zero attached hydrogens (tertiary/aromatic N) is 3. The first-order chi connectivity index (χ1) is 11.3. The van der Waals surface area contributed by atoms with Crippen LogP contribution in [0.5, 0.6) is 0 Å². The molecule has 3 fully saturated rings. The van der Waals surface area contributed by atoms with Crippen molar-refractivity contribution in [3.05, 3.63) is 0 Å². The normalized spacial score (nSPS) is 27.8. The van der Waals surface area contributed by atoms with Crippen LogP contribution in [-0.4, -0.2) is 72.1 Å². The molecule has 3 heteroatoms. The van der Waals surface area contributed by atoms with Crippen molar-refractivity contribution in [3.8, 4) is 0 Å². The standard InChI is InChI=1S/C21H41N3/c1-17(2)23-12-8-20(9-13-23)19-6-10-22(11-7-19)14-18-15-24(16-18)21(3,4)5/h17-20H,6-16H2,1-5H3. The Morgan fingerprint density at radius 3 is 1.79 bits per heavy atom. The van der Waals surface area contributed by atoms with Crippen LogP contribution in [0.3, 0.4) is 0 Å². The molecular weight excluding hydrogens is 294 g/mol. The van der Waals surface area contributed by atoms with Crippen LogP contribution in [0.4, 0.5) is 0 Å². The molecule has 0 spiro atoms. The SMILES string of the molecule is CC(C)N1CCC(C2CCN(CC3CN(C(C)(C)C)C3)CC2)CC1. The van der Waals surface area contributed by atoms with Crippen LogP contribution in [0.1, 0.15) is 60.3 Å². The Kier molecular flexibility index (Phi) is 5.94. The number of hydrogen-bond donors (Lipinski definition) is 0. The lowest BCUT2D eigenvalue weighted by Gasteiger charge is -2.49. The molecular formula is C21H41N3. The third-order valence-electron chi connectivity index (χ3n) is 7.03. The molecule has 3 aliphatic heterocycles. The Bertz CT molecular complexity index is 378. The summed E-state index contributed by atoms with van der Waals surface area (Å²) in [5.74, 6) is 2.96. The molecule has 3 aliphatic rings. The molecule has 3 rings (SSSR count). The number of rotatable bonds is 4. The van der Waals surface area contributed by atoms with Crippen LogP contribution >= 0.6 is 0 Å². The number of piperidine rings is 2. The summed E-state index contributed by atoms with van der Waals surface area (Å²) < 4.78 is 0. The molecule has 0 bridgehead atoms. The monoisotopic (exact) mass is 335 g/mol. The highest BCUT2D eigenvalue weighted by atomic mass is 15.3. The molecule has 0 N–H and O–H groups in total. The Hall–Kier alpha value is -0.120. The van der Waals surface area contributed by atoms with Gasteiger partial charge in [0.05, 0.1) is 0 Å². The van der Waals surface area contributed by atoms with Gasteiger partial charge >= 0.3 is 0 Å². The summed E-state index contributed by atoms with van der Waals surface area (Å²) in [5, 5.41) is 0. The maximum atomic E-state index is 2.77. The molecule has 0 aromatic carbocycles. The van der Waals surface area contributed by atoms with E-state index in [1.165, 1.54) is 71.5 Å². The van der Waals surface area contributed by atoms with Crippen LogP contribution < -0.4 is 0 Å². The fraction of sp³-hybridized carbons (Fsp3) is 1.00. The predicted molar refractivity (Wildman–Crippen MR) is 103 cm³/mol. The van der Waals surface area contributed by atoms with E-state index in [4.69, 9.17) is 0 Å². The quantitative estimate of drug-likeness (QED) is 0.778. The smallest absolute Gasteiger partial charge is 0.0125 e. The van der Waals surface area contributed by atoms with Gasteiger partial charge < -0.3 is 9.80 Å². The van der Waals surface area contributed by atoms with E-state index in [9.17, 15) is 0 Å². The zero-order valence-corrected chi connectivity index (χ0v) is 16.9. The van der Waals surface area contributed by atoms with Gasteiger partial charge in [-0.15, -0.1) is 0 Å². The van der Waals surface area contributed by atoms with Crippen molar-refractivity contribution in [2.75, 3.05) is 45.8 Å². The van der Waals surface area contributed by atoms with E-state index in [1.54, 1.807) is 0 Å². The van der Waals surface area contributed by atoms with Gasteiger partial charge in [0.1, 0.15) is 0 Å². The fourth-order valence-corrected chi connectivity index (χ4v) is 5.11. The first-order valence-electron chi connectivity index (χ1n) is 10.5. The lowest BCUT2D eigenvalue weighted by atomic mass is 9.78. The summed E-state index contributed by atoms with van der Waals surface area (Å²) in [4.78, 5) is 8.07. The largest absolute Gasteiger partial charge is 0.303 e. The lowest BCUT2D eigenvalue weighted by Crippen LogP contribution is -2.58. The van der Waals surface area contributed by atoms with Gasteiger partial charge in [-0.05, 0) is 104 Å². The average molecular weight is 336 g/mol. The molecule has 140 valence electrons. The van der Waals surface area contributed by atoms with E-state index in [0.717, 1.165) is 23.8 Å². The number of hydrogen-bond acceptors (Lipinski definition) is 3. The molecule has 3 saturated heterocycles. The van der Waals surface area contributed by atoms with Crippen molar-refractivity contribution in [2.45, 2.75) is 71.9 Å². The summed E-state index contributed by atoms with van der Waals surface area (Å²) >= 11 is 0. The van der Waals surface area contributed by atoms with Gasteiger partial charge in [0.2, 0.25) is 0 Å². The maximum absolute atomic E-state index is 2.77. The molecule has 3 nitrogen and oxygen atoms in total. The van der Waals surface area contributed by atoms with Gasteiger partial charge in [0, 0.05) is 31.2 Å². The first kappa shape index (κ1) is 18.7. The summed E-state index contributed by atoms with van der Waals surface area (Å²) in [7, 11) is 0. The van der Waals surface area contributed by atoms with Crippen LogP contribution in [0.2, 0.25) is 0 Å². The minimum Gasteiger partial charge on any atom is -0.303 e. The van der Waals surface area contributed by atoms with Crippen molar-refractivity contribution in [3.63, 3.8) is 0 Å². The Labute approximate surface area is 150 Å². The van der Waals surface area contributed by atoms with Gasteiger partial charge in [-0.25, -0.2) is 0 Å². The molecule has 0 unspecified atom stereocenters. The second-order valence-electron chi connectivity index (χ2n) is 10.0. The summed E-state index contributed by atoms with van der Waals surface area (Å²) in [6.45, 7) is 21.1. The van der Waals surface area contributed by atoms with E-state index in [1.807, 2.05) is 0 Å². The Morgan fingerprint density at radius 2 is 1.33 bits per heavy atom. The van der Waals surface area contributed by atoms with Crippen molar-refractivity contribution in [1.82, 2.24) is 14.7 Å². The molecule has 0 amide bonds. The molecule has 0 aliphatic carbocycles. The Morgan fingerprint density at radius 1 is 0.833 bits per heavy atom. The van der Waals surface area contributed by atoms with Crippen molar-refractivity contribution < 1.29 is 0 Å². The van der Waals surface area contributed by atoms with Crippen LogP contribution in [0, 0.1) is 17.8 Å². The molecule has 0 aromatic heterocycles. The third kappa shape index (κ3) is 4.53. The molecule has 0 atom stereocenters. The van der Waals surface area contributed by atoms with E-state index in [2.05, 4.69) is 49.3 Å². The van der Waals surface area contributed by atoms with Crippen molar-refractivity contribution in [1.29, 1.82) is 0 Å². The first-order valence-corrected chi connectivity index (χ1v) is 10.5. The second kappa shape index (κ2) is 7.63. The van der Waals surface area contributed by atoms with Gasteiger partial charge in [-0.1, -0.05) is 0 Å². The van der Waals surface area contributed by atoms with Crippen LogP contribution in [0.25, 0.3) is 0 Å². The van der Waals surface area contributed by atoms with E-state index in [-0.39, 0.29) is 0 Å². The Balaban J connectivity index is 1.34. The fourth-order valence-electron chi connectivity index (χ4n) is 5.11. The van der Waals surface area contributed by atoms with E-state index in [0.29, 0.717) is 5.54 Å². The highest BCUT2D eigenvalue weighted by Gasteiger charge is 2.36. The van der Waals surface area contributed by atoms with Crippen molar-refractivity contribution in [2.24, 2.45) is 17.8 Å². The third-order valence-corrected chi connectivity index (χ3v) is 7.03. The number of likely N-dealkylation sites (tertiary alicyclic amines) is 3. The molecule has 24 heavy (non-hydrogen) atoms. The summed E-state index contributed by atoms with van der Waals surface area (Å²) in [6, 6.07) is 0.739. The van der Waals surface area contributed by atoms with Crippen LogP contribution in [-0.2, 0) is 0 Å². The van der Waals surface area contributed by atoms with Crippen LogP contribution in [0.15, 0.2) is 0 Å². The topological polar surface area (TPSA) is 9.72 Å². The lowest BCUT2D eigenvalue weighted by molar-refractivity contribution is -0.00935.